The van der Waals surface area contributed by atoms with Gasteiger partial charge >= 0.3 is 0 Å². The van der Waals surface area contributed by atoms with Gasteiger partial charge in [-0.1, -0.05) is 56.5 Å². The summed E-state index contributed by atoms with van der Waals surface area (Å²) in [5, 5.41) is 6.94. The maximum absolute atomic E-state index is 12.3. The fraction of sp³-hybridized carbons (Fsp3) is 0.652. The molecule has 1 aliphatic carbocycles. The summed E-state index contributed by atoms with van der Waals surface area (Å²) in [6, 6.07) is 10.4. The molecule has 2 N–H and O–H groups in total. The summed E-state index contributed by atoms with van der Waals surface area (Å²) in [6.07, 6.45) is 6.96. The topological polar surface area (TPSA) is 56.7 Å². The van der Waals surface area contributed by atoms with Crippen LogP contribution in [0.1, 0.15) is 44.6 Å². The summed E-state index contributed by atoms with van der Waals surface area (Å²) in [5.74, 6) is 3.05. The Hall–Kier alpha value is -2.04. The minimum Gasteiger partial charge on any atom is -0.356 e. The summed E-state index contributed by atoms with van der Waals surface area (Å²) in [5.41, 5.74) is 1.29. The number of carbonyl (C=O) groups is 1. The van der Waals surface area contributed by atoms with Crippen LogP contribution >= 0.6 is 0 Å². The lowest BCUT2D eigenvalue weighted by Crippen LogP contribution is -2.43. The molecule has 0 spiro atoms. The zero-order valence-electron chi connectivity index (χ0n) is 17.5. The molecule has 3 unspecified atom stereocenters. The summed E-state index contributed by atoms with van der Waals surface area (Å²) in [7, 11) is 1.82. The number of benzene rings is 1. The molecule has 1 saturated heterocycles. The van der Waals surface area contributed by atoms with E-state index in [0.717, 1.165) is 50.4 Å². The van der Waals surface area contributed by atoms with E-state index in [0.29, 0.717) is 12.3 Å². The minimum atomic E-state index is 0.279. The van der Waals surface area contributed by atoms with Gasteiger partial charge in [0.15, 0.2) is 5.96 Å². The highest BCUT2D eigenvalue weighted by Crippen LogP contribution is 2.28. The van der Waals surface area contributed by atoms with E-state index in [1.165, 1.54) is 31.2 Å². The number of likely N-dealkylation sites (tertiary alicyclic amines) is 1. The fourth-order valence-corrected chi connectivity index (χ4v) is 4.50. The number of hydrogen-bond donors (Lipinski definition) is 2. The second kappa shape index (κ2) is 10.5. The van der Waals surface area contributed by atoms with Crippen molar-refractivity contribution in [1.29, 1.82) is 0 Å². The molecule has 2 aliphatic rings. The first kappa shape index (κ1) is 20.7. The second-order valence-corrected chi connectivity index (χ2v) is 8.50. The molecule has 3 atom stereocenters. The molecule has 28 heavy (non-hydrogen) atoms. The van der Waals surface area contributed by atoms with Crippen LogP contribution in [-0.2, 0) is 11.2 Å². The molecular weight excluding hydrogens is 348 g/mol. The van der Waals surface area contributed by atoms with Crippen molar-refractivity contribution in [1.82, 2.24) is 15.5 Å². The van der Waals surface area contributed by atoms with Crippen LogP contribution in [0.3, 0.4) is 0 Å². The summed E-state index contributed by atoms with van der Waals surface area (Å²) in [4.78, 5) is 18.7. The first-order valence-electron chi connectivity index (χ1n) is 10.9. The number of guanidine groups is 1. The lowest BCUT2D eigenvalue weighted by molar-refractivity contribution is -0.127. The molecule has 0 radical (unpaired) electrons. The summed E-state index contributed by atoms with van der Waals surface area (Å²) >= 11 is 0. The lowest BCUT2D eigenvalue weighted by Gasteiger charge is -2.29. The number of nitrogens with one attached hydrogen (secondary N) is 2. The Labute approximate surface area is 170 Å². The van der Waals surface area contributed by atoms with Gasteiger partial charge in [0.2, 0.25) is 5.91 Å². The molecule has 1 aliphatic heterocycles. The first-order chi connectivity index (χ1) is 13.7. The molecule has 1 aromatic rings. The van der Waals surface area contributed by atoms with E-state index in [2.05, 4.69) is 46.8 Å². The van der Waals surface area contributed by atoms with Crippen LogP contribution in [0.4, 0.5) is 0 Å². The average Bonchev–Trinajstić information content (AvgIpc) is 3.08. The fourth-order valence-electron chi connectivity index (χ4n) is 4.50. The third-order valence-corrected chi connectivity index (χ3v) is 6.41. The molecule has 2 fully saturated rings. The van der Waals surface area contributed by atoms with Gasteiger partial charge in [-0.25, -0.2) is 0 Å². The van der Waals surface area contributed by atoms with Gasteiger partial charge in [0.25, 0.3) is 0 Å². The Morgan fingerprint density at radius 2 is 1.89 bits per heavy atom. The van der Waals surface area contributed by atoms with Gasteiger partial charge in [-0.05, 0) is 30.2 Å². The minimum absolute atomic E-state index is 0.279. The zero-order valence-corrected chi connectivity index (χ0v) is 17.5. The predicted molar refractivity (Wildman–Crippen MR) is 115 cm³/mol. The van der Waals surface area contributed by atoms with Crippen molar-refractivity contribution < 1.29 is 4.79 Å². The summed E-state index contributed by atoms with van der Waals surface area (Å²) in [6.45, 7) is 5.82. The smallest absolute Gasteiger partial charge is 0.223 e. The van der Waals surface area contributed by atoms with Gasteiger partial charge in [-0.3, -0.25) is 9.79 Å². The highest BCUT2D eigenvalue weighted by atomic mass is 16.2. The van der Waals surface area contributed by atoms with Crippen molar-refractivity contribution in [2.45, 2.75) is 45.4 Å². The van der Waals surface area contributed by atoms with Gasteiger partial charge in [-0.2, -0.15) is 0 Å². The SMILES string of the molecule is CN=C(NCC1CC(=O)N(CCc2ccccc2)C1)NCC1CCCCC1C. The van der Waals surface area contributed by atoms with Gasteiger partial charge in [0, 0.05) is 45.6 Å². The molecule has 154 valence electrons. The van der Waals surface area contributed by atoms with Crippen molar-refractivity contribution in [3.63, 3.8) is 0 Å². The predicted octanol–water partition coefficient (Wildman–Crippen LogP) is 3.07. The quantitative estimate of drug-likeness (QED) is 0.561. The van der Waals surface area contributed by atoms with Crippen molar-refractivity contribution >= 4 is 11.9 Å². The maximum atomic E-state index is 12.3. The van der Waals surface area contributed by atoms with E-state index >= 15 is 0 Å². The zero-order chi connectivity index (χ0) is 19.8. The number of nitrogens with zero attached hydrogens (tertiary/aromatic N) is 2. The second-order valence-electron chi connectivity index (χ2n) is 8.50. The Kier molecular flexibility index (Phi) is 7.75. The molecule has 0 bridgehead atoms. The highest BCUT2D eigenvalue weighted by Gasteiger charge is 2.29. The van der Waals surface area contributed by atoms with Crippen molar-refractivity contribution in [2.24, 2.45) is 22.7 Å². The largest absolute Gasteiger partial charge is 0.356 e. The molecule has 1 amide bonds. The van der Waals surface area contributed by atoms with Crippen molar-refractivity contribution in [3.8, 4) is 0 Å². The van der Waals surface area contributed by atoms with Gasteiger partial charge in [-0.15, -0.1) is 0 Å². The van der Waals surface area contributed by atoms with Gasteiger partial charge < -0.3 is 15.5 Å². The van der Waals surface area contributed by atoms with Crippen LogP contribution in [-0.4, -0.2) is 50.0 Å². The van der Waals surface area contributed by atoms with Crippen molar-refractivity contribution in [3.05, 3.63) is 35.9 Å². The maximum Gasteiger partial charge on any atom is 0.223 e. The molecular formula is C23H36N4O. The molecule has 5 heteroatoms. The first-order valence-corrected chi connectivity index (χ1v) is 10.9. The van der Waals surface area contributed by atoms with E-state index in [4.69, 9.17) is 0 Å². The number of hydrogen-bond acceptors (Lipinski definition) is 2. The standard InChI is InChI=1S/C23H36N4O/c1-18-8-6-7-11-21(18)16-26-23(24-2)25-15-20-14-22(28)27(17-20)13-12-19-9-4-3-5-10-19/h3-5,9-10,18,20-21H,6-8,11-17H2,1-2H3,(H2,24,25,26). The van der Waals surface area contributed by atoms with E-state index in [1.807, 2.05) is 18.0 Å². The van der Waals surface area contributed by atoms with Crippen LogP contribution in [0.15, 0.2) is 35.3 Å². The Balaban J connectivity index is 1.38. The van der Waals surface area contributed by atoms with Crippen LogP contribution in [0, 0.1) is 17.8 Å². The lowest BCUT2D eigenvalue weighted by atomic mass is 9.80. The Morgan fingerprint density at radius 3 is 2.64 bits per heavy atom. The molecule has 1 heterocycles. The van der Waals surface area contributed by atoms with Crippen LogP contribution in [0.2, 0.25) is 0 Å². The average molecular weight is 385 g/mol. The third kappa shape index (κ3) is 5.98. The molecule has 5 nitrogen and oxygen atoms in total. The third-order valence-electron chi connectivity index (χ3n) is 6.41. The summed E-state index contributed by atoms with van der Waals surface area (Å²) < 4.78 is 0. The van der Waals surface area contributed by atoms with Crippen LogP contribution in [0.25, 0.3) is 0 Å². The molecule has 0 aromatic heterocycles. The van der Waals surface area contributed by atoms with Crippen molar-refractivity contribution in [2.75, 3.05) is 33.2 Å². The molecule has 1 aromatic carbocycles. The number of rotatable bonds is 7. The van der Waals surface area contributed by atoms with Gasteiger partial charge in [0.05, 0.1) is 0 Å². The number of amides is 1. The van der Waals surface area contributed by atoms with E-state index < -0.39 is 0 Å². The number of carbonyl (C=O) groups excluding carboxylic acids is 1. The monoisotopic (exact) mass is 384 g/mol. The Bertz CT molecular complexity index is 645. The van der Waals surface area contributed by atoms with E-state index in [9.17, 15) is 4.79 Å². The van der Waals surface area contributed by atoms with E-state index in [1.54, 1.807) is 0 Å². The van der Waals surface area contributed by atoms with Crippen LogP contribution < -0.4 is 10.6 Å². The van der Waals surface area contributed by atoms with Crippen LogP contribution in [0.5, 0.6) is 0 Å². The molecule has 3 rings (SSSR count). The molecule has 1 saturated carbocycles. The number of aliphatic imine (C=N–C) groups is 1. The van der Waals surface area contributed by atoms with E-state index in [-0.39, 0.29) is 5.91 Å². The highest BCUT2D eigenvalue weighted by molar-refractivity contribution is 5.80. The normalized spacial score (nSPS) is 25.8. The van der Waals surface area contributed by atoms with Gasteiger partial charge in [0.1, 0.15) is 0 Å². The Morgan fingerprint density at radius 1 is 1.14 bits per heavy atom.